The highest BCUT2D eigenvalue weighted by Gasteiger charge is 2.15. The lowest BCUT2D eigenvalue weighted by atomic mass is 9.95. The van der Waals surface area contributed by atoms with Gasteiger partial charge in [-0.2, -0.15) is 0 Å². The number of aryl methyl sites for hydroxylation is 2. The number of benzene rings is 1. The summed E-state index contributed by atoms with van der Waals surface area (Å²) in [7, 11) is 0. The van der Waals surface area contributed by atoms with Crippen molar-refractivity contribution in [3.8, 4) is 5.75 Å². The number of ether oxygens (including phenoxy) is 1. The maximum Gasteiger partial charge on any atom is 0.122 e. The predicted molar refractivity (Wildman–Crippen MR) is 87.0 cm³/mol. The molecule has 21 heavy (non-hydrogen) atoms. The van der Waals surface area contributed by atoms with Crippen molar-refractivity contribution in [2.75, 3.05) is 13.2 Å². The summed E-state index contributed by atoms with van der Waals surface area (Å²) in [5, 5.41) is 13.5. The van der Waals surface area contributed by atoms with Crippen LogP contribution < -0.4 is 10.1 Å². The van der Waals surface area contributed by atoms with Crippen molar-refractivity contribution in [2.24, 2.45) is 0 Å². The molecular weight excluding hydrogens is 262 g/mol. The van der Waals surface area contributed by atoms with Crippen LogP contribution in [0, 0.1) is 20.8 Å². The van der Waals surface area contributed by atoms with Crippen molar-refractivity contribution in [1.82, 2.24) is 5.32 Å². The number of aliphatic hydroxyl groups excluding tert-OH is 1. The molecule has 3 nitrogen and oxygen atoms in total. The van der Waals surface area contributed by atoms with Crippen LogP contribution in [0.5, 0.6) is 5.75 Å². The standard InChI is InChI=1S/C18H29NO2/c1-13-9-14(2)15(3)18(10-13)21-12-17(20)11-19-16-7-5-4-6-8-16/h9-10,16-17,19-20H,4-8,11-12H2,1-3H3. The zero-order chi connectivity index (χ0) is 15.2. The average Bonchev–Trinajstić information content (AvgIpc) is 2.48. The van der Waals surface area contributed by atoms with Gasteiger partial charge < -0.3 is 15.2 Å². The number of rotatable bonds is 6. The highest BCUT2D eigenvalue weighted by molar-refractivity contribution is 5.41. The lowest BCUT2D eigenvalue weighted by molar-refractivity contribution is 0.101. The maximum atomic E-state index is 10.1. The molecule has 1 fully saturated rings. The van der Waals surface area contributed by atoms with Crippen LogP contribution in [0.4, 0.5) is 0 Å². The van der Waals surface area contributed by atoms with E-state index in [9.17, 15) is 5.11 Å². The van der Waals surface area contributed by atoms with Crippen molar-refractivity contribution < 1.29 is 9.84 Å². The molecule has 0 spiro atoms. The van der Waals surface area contributed by atoms with Crippen molar-refractivity contribution in [1.29, 1.82) is 0 Å². The summed E-state index contributed by atoms with van der Waals surface area (Å²) < 4.78 is 5.81. The van der Waals surface area contributed by atoms with Gasteiger partial charge in [0.2, 0.25) is 0 Å². The third-order valence-corrected chi connectivity index (χ3v) is 4.44. The Morgan fingerprint density at radius 3 is 2.62 bits per heavy atom. The number of nitrogens with one attached hydrogen (secondary N) is 1. The summed E-state index contributed by atoms with van der Waals surface area (Å²) in [6.45, 7) is 7.20. The Morgan fingerprint density at radius 2 is 1.90 bits per heavy atom. The molecule has 1 aliphatic carbocycles. The first-order chi connectivity index (χ1) is 10.1. The van der Waals surface area contributed by atoms with Gasteiger partial charge in [-0.25, -0.2) is 0 Å². The van der Waals surface area contributed by atoms with E-state index in [-0.39, 0.29) is 0 Å². The summed E-state index contributed by atoms with van der Waals surface area (Å²) >= 11 is 0. The Labute approximate surface area is 128 Å². The SMILES string of the molecule is Cc1cc(C)c(C)c(OCC(O)CNC2CCCCC2)c1. The van der Waals surface area contributed by atoms with Crippen molar-refractivity contribution in [2.45, 2.75) is 65.0 Å². The monoisotopic (exact) mass is 291 g/mol. The molecular formula is C18H29NO2. The van der Waals surface area contributed by atoms with Gasteiger partial charge >= 0.3 is 0 Å². The fourth-order valence-electron chi connectivity index (χ4n) is 3.01. The Hall–Kier alpha value is -1.06. The van der Waals surface area contributed by atoms with Crippen molar-refractivity contribution >= 4 is 0 Å². The summed E-state index contributed by atoms with van der Waals surface area (Å²) in [5.74, 6) is 0.893. The van der Waals surface area contributed by atoms with E-state index in [1.807, 2.05) is 6.07 Å². The van der Waals surface area contributed by atoms with E-state index in [4.69, 9.17) is 4.74 Å². The molecule has 1 aromatic rings. The minimum absolute atomic E-state index is 0.351. The van der Waals surface area contributed by atoms with Crippen LogP contribution in [-0.4, -0.2) is 30.4 Å². The lowest BCUT2D eigenvalue weighted by Gasteiger charge is -2.24. The van der Waals surface area contributed by atoms with Gasteiger partial charge in [-0.05, 0) is 56.4 Å². The van der Waals surface area contributed by atoms with Crippen molar-refractivity contribution in [3.05, 3.63) is 28.8 Å². The molecule has 0 saturated heterocycles. The van der Waals surface area contributed by atoms with E-state index in [0.29, 0.717) is 19.2 Å². The number of aliphatic hydroxyl groups is 1. The van der Waals surface area contributed by atoms with Crippen molar-refractivity contribution in [3.63, 3.8) is 0 Å². The zero-order valence-electron chi connectivity index (χ0n) is 13.6. The second-order valence-corrected chi connectivity index (χ2v) is 6.41. The first-order valence-corrected chi connectivity index (χ1v) is 8.18. The molecule has 118 valence electrons. The van der Waals surface area contributed by atoms with E-state index in [1.165, 1.54) is 43.2 Å². The second kappa shape index (κ2) is 7.81. The van der Waals surface area contributed by atoms with Crippen LogP contribution in [-0.2, 0) is 0 Å². The van der Waals surface area contributed by atoms with Crippen LogP contribution in [0.25, 0.3) is 0 Å². The Morgan fingerprint density at radius 1 is 1.19 bits per heavy atom. The molecule has 0 bridgehead atoms. The van der Waals surface area contributed by atoms with Gasteiger partial charge in [0.25, 0.3) is 0 Å². The van der Waals surface area contributed by atoms with Crippen LogP contribution in [0.15, 0.2) is 12.1 Å². The normalized spacial score (nSPS) is 17.7. The zero-order valence-corrected chi connectivity index (χ0v) is 13.6. The van der Waals surface area contributed by atoms with Gasteiger partial charge in [0.05, 0.1) is 0 Å². The van der Waals surface area contributed by atoms with Crippen LogP contribution in [0.1, 0.15) is 48.8 Å². The molecule has 0 amide bonds. The average molecular weight is 291 g/mol. The van der Waals surface area contributed by atoms with E-state index in [0.717, 1.165) is 11.3 Å². The molecule has 0 aromatic heterocycles. The van der Waals surface area contributed by atoms with Gasteiger partial charge in [-0.1, -0.05) is 25.3 Å². The van der Waals surface area contributed by atoms with Gasteiger partial charge in [0, 0.05) is 12.6 Å². The molecule has 1 aliphatic rings. The Kier molecular flexibility index (Phi) is 6.07. The predicted octanol–water partition coefficient (Wildman–Crippen LogP) is 3.27. The second-order valence-electron chi connectivity index (χ2n) is 6.41. The molecule has 2 rings (SSSR count). The third kappa shape index (κ3) is 5.01. The smallest absolute Gasteiger partial charge is 0.122 e. The molecule has 0 aliphatic heterocycles. The first-order valence-electron chi connectivity index (χ1n) is 8.18. The van der Waals surface area contributed by atoms with Crippen LogP contribution in [0.3, 0.4) is 0 Å². The molecule has 0 radical (unpaired) electrons. The van der Waals surface area contributed by atoms with Crippen LogP contribution in [0.2, 0.25) is 0 Å². The number of hydrogen-bond acceptors (Lipinski definition) is 3. The highest BCUT2D eigenvalue weighted by Crippen LogP contribution is 2.23. The summed E-state index contributed by atoms with van der Waals surface area (Å²) in [4.78, 5) is 0. The minimum atomic E-state index is -0.452. The minimum Gasteiger partial charge on any atom is -0.491 e. The fourth-order valence-corrected chi connectivity index (χ4v) is 3.01. The molecule has 3 heteroatoms. The maximum absolute atomic E-state index is 10.1. The molecule has 1 aromatic carbocycles. The van der Waals surface area contributed by atoms with Gasteiger partial charge in [0.15, 0.2) is 0 Å². The summed E-state index contributed by atoms with van der Waals surface area (Å²) in [6, 6.07) is 4.78. The van der Waals surface area contributed by atoms with E-state index in [1.54, 1.807) is 0 Å². The Balaban J connectivity index is 1.77. The van der Waals surface area contributed by atoms with E-state index < -0.39 is 6.10 Å². The first kappa shape index (κ1) is 16.3. The van der Waals surface area contributed by atoms with E-state index >= 15 is 0 Å². The summed E-state index contributed by atoms with van der Waals surface area (Å²) in [6.07, 6.45) is 6.01. The quantitative estimate of drug-likeness (QED) is 0.845. The molecule has 0 heterocycles. The fraction of sp³-hybridized carbons (Fsp3) is 0.667. The van der Waals surface area contributed by atoms with Crippen LogP contribution >= 0.6 is 0 Å². The van der Waals surface area contributed by atoms with E-state index in [2.05, 4.69) is 32.2 Å². The van der Waals surface area contributed by atoms with Gasteiger partial charge in [0.1, 0.15) is 18.5 Å². The highest BCUT2D eigenvalue weighted by atomic mass is 16.5. The third-order valence-electron chi connectivity index (χ3n) is 4.44. The summed E-state index contributed by atoms with van der Waals surface area (Å²) in [5.41, 5.74) is 3.59. The largest absolute Gasteiger partial charge is 0.491 e. The van der Waals surface area contributed by atoms with Gasteiger partial charge in [-0.15, -0.1) is 0 Å². The molecule has 2 N–H and O–H groups in total. The lowest BCUT2D eigenvalue weighted by Crippen LogP contribution is -2.39. The molecule has 1 atom stereocenters. The topological polar surface area (TPSA) is 41.5 Å². The number of hydrogen-bond donors (Lipinski definition) is 2. The molecule has 1 saturated carbocycles. The molecule has 1 unspecified atom stereocenters. The van der Waals surface area contributed by atoms with Gasteiger partial charge in [-0.3, -0.25) is 0 Å². The Bertz CT molecular complexity index is 453.